The van der Waals surface area contributed by atoms with Gasteiger partial charge in [0.15, 0.2) is 0 Å². The molecule has 98 valence electrons. The van der Waals surface area contributed by atoms with Gasteiger partial charge in [0.05, 0.1) is 0 Å². The highest BCUT2D eigenvalue weighted by molar-refractivity contribution is 5.93. The molecule has 0 aliphatic heterocycles. The van der Waals surface area contributed by atoms with Crippen LogP contribution in [0, 0.1) is 6.92 Å². The van der Waals surface area contributed by atoms with E-state index in [1.165, 1.54) is 17.6 Å². The number of rotatable bonds is 4. The molecule has 0 aliphatic carbocycles. The molecule has 1 heterocycles. The Morgan fingerprint density at radius 1 is 1.22 bits per heavy atom. The minimum atomic E-state index is -0.430. The molecule has 1 aromatic heterocycles. The van der Waals surface area contributed by atoms with Crippen LogP contribution in [-0.2, 0) is 11.8 Å². The first-order chi connectivity index (χ1) is 8.43. The van der Waals surface area contributed by atoms with Crippen LogP contribution in [0.25, 0.3) is 0 Å². The molecule has 0 spiro atoms. The van der Waals surface area contributed by atoms with E-state index in [1.807, 2.05) is 0 Å². The lowest BCUT2D eigenvalue weighted by molar-refractivity contribution is -0.118. The second kappa shape index (κ2) is 6.00. The van der Waals surface area contributed by atoms with E-state index in [1.54, 1.807) is 20.0 Å². The number of nitrogens with one attached hydrogen (secondary N) is 2. The lowest BCUT2D eigenvalue weighted by Gasteiger charge is -2.08. The van der Waals surface area contributed by atoms with Crippen molar-refractivity contribution in [2.24, 2.45) is 7.05 Å². The van der Waals surface area contributed by atoms with Crippen molar-refractivity contribution in [3.63, 3.8) is 0 Å². The van der Waals surface area contributed by atoms with Crippen molar-refractivity contribution in [3.05, 3.63) is 33.7 Å². The van der Waals surface area contributed by atoms with E-state index in [4.69, 9.17) is 0 Å². The van der Waals surface area contributed by atoms with Gasteiger partial charge in [0.25, 0.3) is 11.5 Å². The Labute approximate surface area is 105 Å². The highest BCUT2D eigenvalue weighted by Gasteiger charge is 2.11. The monoisotopic (exact) mass is 251 g/mol. The predicted molar refractivity (Wildman–Crippen MR) is 67.4 cm³/mol. The predicted octanol–water partition coefficient (Wildman–Crippen LogP) is -0.440. The summed E-state index contributed by atoms with van der Waals surface area (Å²) in [6, 6.07) is 3.22. The summed E-state index contributed by atoms with van der Waals surface area (Å²) in [7, 11) is 1.62. The molecule has 1 aromatic rings. The SMILES string of the molecule is CC(=O)NCCNC(=O)c1ccc(C)n(C)c1=O. The topological polar surface area (TPSA) is 80.2 Å². The van der Waals surface area contributed by atoms with Crippen molar-refractivity contribution in [3.8, 4) is 0 Å². The van der Waals surface area contributed by atoms with Crippen LogP contribution in [0.2, 0.25) is 0 Å². The number of hydrogen-bond donors (Lipinski definition) is 2. The van der Waals surface area contributed by atoms with Gasteiger partial charge in [-0.25, -0.2) is 0 Å². The maximum atomic E-state index is 11.8. The van der Waals surface area contributed by atoms with E-state index in [0.717, 1.165) is 5.69 Å². The lowest BCUT2D eigenvalue weighted by atomic mass is 10.2. The first-order valence-electron chi connectivity index (χ1n) is 5.62. The number of hydrogen-bond acceptors (Lipinski definition) is 3. The van der Waals surface area contributed by atoms with Crippen LogP contribution in [0.15, 0.2) is 16.9 Å². The molecule has 0 bridgehead atoms. The third-order valence-electron chi connectivity index (χ3n) is 2.58. The zero-order valence-electron chi connectivity index (χ0n) is 10.7. The third kappa shape index (κ3) is 3.44. The fraction of sp³-hybridized carbons (Fsp3) is 0.417. The molecule has 0 aromatic carbocycles. The molecule has 0 fully saturated rings. The van der Waals surface area contributed by atoms with Crippen molar-refractivity contribution < 1.29 is 9.59 Å². The molecule has 0 unspecified atom stereocenters. The molecule has 6 heteroatoms. The van der Waals surface area contributed by atoms with Crippen LogP contribution in [0.4, 0.5) is 0 Å². The second-order valence-corrected chi connectivity index (χ2v) is 3.99. The van der Waals surface area contributed by atoms with E-state index < -0.39 is 5.91 Å². The maximum Gasteiger partial charge on any atom is 0.263 e. The summed E-state index contributed by atoms with van der Waals surface area (Å²) in [6.07, 6.45) is 0. The first-order valence-corrected chi connectivity index (χ1v) is 5.62. The third-order valence-corrected chi connectivity index (χ3v) is 2.58. The largest absolute Gasteiger partial charge is 0.355 e. The lowest BCUT2D eigenvalue weighted by Crippen LogP contribution is -2.37. The van der Waals surface area contributed by atoms with Gasteiger partial charge in [0, 0.05) is 32.8 Å². The Balaban J connectivity index is 2.65. The van der Waals surface area contributed by atoms with E-state index in [0.29, 0.717) is 6.54 Å². The molecule has 2 N–H and O–H groups in total. The Hall–Kier alpha value is -2.11. The van der Waals surface area contributed by atoms with Gasteiger partial charge in [-0.3, -0.25) is 14.4 Å². The summed E-state index contributed by atoms with van der Waals surface area (Å²) in [5, 5.41) is 5.13. The smallest absolute Gasteiger partial charge is 0.263 e. The summed E-state index contributed by atoms with van der Waals surface area (Å²) in [6.45, 7) is 3.82. The molecular weight excluding hydrogens is 234 g/mol. The molecule has 0 aliphatic rings. The quantitative estimate of drug-likeness (QED) is 0.712. The Bertz CT molecular complexity index is 520. The summed E-state index contributed by atoms with van der Waals surface area (Å²) in [4.78, 5) is 34.2. The molecule has 0 radical (unpaired) electrons. The van der Waals surface area contributed by atoms with Gasteiger partial charge < -0.3 is 15.2 Å². The normalized spacial score (nSPS) is 9.94. The summed E-state index contributed by atoms with van der Waals surface area (Å²) < 4.78 is 1.42. The molecule has 0 saturated heterocycles. The molecule has 18 heavy (non-hydrogen) atoms. The molecular formula is C12H17N3O3. The number of carbonyl (C=O) groups excluding carboxylic acids is 2. The molecule has 0 atom stereocenters. The summed E-state index contributed by atoms with van der Waals surface area (Å²) >= 11 is 0. The second-order valence-electron chi connectivity index (χ2n) is 3.99. The van der Waals surface area contributed by atoms with E-state index >= 15 is 0 Å². The number of aromatic nitrogens is 1. The van der Waals surface area contributed by atoms with Gasteiger partial charge in [-0.2, -0.15) is 0 Å². The van der Waals surface area contributed by atoms with Gasteiger partial charge in [-0.05, 0) is 19.1 Å². The van der Waals surface area contributed by atoms with Crippen molar-refractivity contribution in [2.75, 3.05) is 13.1 Å². The van der Waals surface area contributed by atoms with Crippen LogP contribution in [0.3, 0.4) is 0 Å². The van der Waals surface area contributed by atoms with Crippen molar-refractivity contribution in [1.29, 1.82) is 0 Å². The minimum Gasteiger partial charge on any atom is -0.355 e. The van der Waals surface area contributed by atoms with E-state index in [2.05, 4.69) is 10.6 Å². The highest BCUT2D eigenvalue weighted by Crippen LogP contribution is 1.96. The number of aryl methyl sites for hydroxylation is 1. The van der Waals surface area contributed by atoms with Crippen molar-refractivity contribution in [2.45, 2.75) is 13.8 Å². The summed E-state index contributed by atoms with van der Waals surface area (Å²) in [5.74, 6) is -0.587. The summed E-state index contributed by atoms with van der Waals surface area (Å²) in [5.41, 5.74) is 0.563. The maximum absolute atomic E-state index is 11.8. The van der Waals surface area contributed by atoms with Gasteiger partial charge in [-0.15, -0.1) is 0 Å². The molecule has 6 nitrogen and oxygen atoms in total. The number of carbonyl (C=O) groups is 2. The fourth-order valence-corrected chi connectivity index (χ4v) is 1.41. The fourth-order valence-electron chi connectivity index (χ4n) is 1.41. The van der Waals surface area contributed by atoms with E-state index in [9.17, 15) is 14.4 Å². The average molecular weight is 251 g/mol. The number of pyridine rings is 1. The zero-order chi connectivity index (χ0) is 13.7. The van der Waals surface area contributed by atoms with Gasteiger partial charge in [0.2, 0.25) is 5.91 Å². The Kier molecular flexibility index (Phi) is 4.65. The minimum absolute atomic E-state index is 0.103. The Morgan fingerprint density at radius 3 is 2.44 bits per heavy atom. The molecule has 1 rings (SSSR count). The highest BCUT2D eigenvalue weighted by atomic mass is 16.2. The molecule has 2 amide bonds. The van der Waals surface area contributed by atoms with Crippen LogP contribution in [0.5, 0.6) is 0 Å². The zero-order valence-corrected chi connectivity index (χ0v) is 10.7. The van der Waals surface area contributed by atoms with E-state index in [-0.39, 0.29) is 23.6 Å². The van der Waals surface area contributed by atoms with Gasteiger partial charge in [-0.1, -0.05) is 0 Å². The Morgan fingerprint density at radius 2 is 1.83 bits per heavy atom. The van der Waals surface area contributed by atoms with Gasteiger partial charge in [0.1, 0.15) is 5.56 Å². The first kappa shape index (κ1) is 14.0. The standard InChI is InChI=1S/C12H17N3O3/c1-8-4-5-10(12(18)15(8)3)11(17)14-7-6-13-9(2)16/h4-5H,6-7H2,1-3H3,(H,13,16)(H,14,17). The van der Waals surface area contributed by atoms with Crippen LogP contribution in [-0.4, -0.2) is 29.5 Å². The number of nitrogens with zero attached hydrogens (tertiary/aromatic N) is 1. The van der Waals surface area contributed by atoms with Crippen molar-refractivity contribution >= 4 is 11.8 Å². The van der Waals surface area contributed by atoms with Gasteiger partial charge >= 0.3 is 0 Å². The van der Waals surface area contributed by atoms with Crippen LogP contribution in [0.1, 0.15) is 23.0 Å². The van der Waals surface area contributed by atoms with Crippen LogP contribution >= 0.6 is 0 Å². The number of amides is 2. The average Bonchev–Trinajstić information content (AvgIpc) is 2.31. The van der Waals surface area contributed by atoms with Crippen molar-refractivity contribution in [1.82, 2.24) is 15.2 Å². The van der Waals surface area contributed by atoms with Crippen LogP contribution < -0.4 is 16.2 Å². The molecule has 0 saturated carbocycles.